The van der Waals surface area contributed by atoms with Crippen LogP contribution in [0.2, 0.25) is 0 Å². The van der Waals surface area contributed by atoms with Gasteiger partial charge in [0.25, 0.3) is 5.56 Å². The molecule has 2 heterocycles. The topological polar surface area (TPSA) is 88.2 Å². The first-order valence-electron chi connectivity index (χ1n) is 11.0. The van der Waals surface area contributed by atoms with Crippen LogP contribution in [0.3, 0.4) is 0 Å². The van der Waals surface area contributed by atoms with E-state index in [4.69, 9.17) is 15.0 Å². The van der Waals surface area contributed by atoms with Gasteiger partial charge in [-0.05, 0) is 43.4 Å². The van der Waals surface area contributed by atoms with Crippen LogP contribution in [0.5, 0.6) is 5.75 Å². The maximum absolute atomic E-state index is 13.9. The number of amides is 1. The molecular formula is C24H26N4O3S2. The molecule has 0 saturated heterocycles. The molecule has 0 aliphatic heterocycles. The highest BCUT2D eigenvalue weighted by atomic mass is 32.2. The first-order valence-corrected chi connectivity index (χ1v) is 12.8. The van der Waals surface area contributed by atoms with Crippen LogP contribution in [-0.4, -0.2) is 46.8 Å². The van der Waals surface area contributed by atoms with E-state index >= 15 is 0 Å². The van der Waals surface area contributed by atoms with Gasteiger partial charge in [0.1, 0.15) is 10.6 Å². The zero-order valence-electron chi connectivity index (χ0n) is 18.8. The fourth-order valence-corrected chi connectivity index (χ4v) is 6.27. The van der Waals surface area contributed by atoms with Gasteiger partial charge in [0.15, 0.2) is 5.16 Å². The lowest BCUT2D eigenvalue weighted by Crippen LogP contribution is -2.29. The number of benzene rings is 1. The van der Waals surface area contributed by atoms with Crippen molar-refractivity contribution >= 4 is 39.2 Å². The van der Waals surface area contributed by atoms with Gasteiger partial charge in [-0.2, -0.15) is 5.26 Å². The smallest absolute Gasteiger partial charge is 0.267 e. The highest BCUT2D eigenvalue weighted by molar-refractivity contribution is 7.99. The number of rotatable bonds is 7. The van der Waals surface area contributed by atoms with Crippen LogP contribution >= 0.6 is 23.1 Å². The van der Waals surface area contributed by atoms with E-state index < -0.39 is 0 Å². The molecule has 33 heavy (non-hydrogen) atoms. The van der Waals surface area contributed by atoms with Gasteiger partial charge in [0.05, 0.1) is 36.4 Å². The molecule has 2 aromatic heterocycles. The number of hydrogen-bond donors (Lipinski definition) is 0. The van der Waals surface area contributed by atoms with Crippen molar-refractivity contribution in [3.63, 3.8) is 0 Å². The van der Waals surface area contributed by atoms with E-state index in [2.05, 4.69) is 6.07 Å². The molecule has 0 N–H and O–H groups in total. The molecule has 0 saturated carbocycles. The molecule has 172 valence electrons. The summed E-state index contributed by atoms with van der Waals surface area (Å²) in [5.41, 5.74) is 1.71. The molecule has 7 nitrogen and oxygen atoms in total. The predicted octanol–water partition coefficient (Wildman–Crippen LogP) is 4.19. The third-order valence-electron chi connectivity index (χ3n) is 5.83. The molecule has 4 rings (SSSR count). The number of carbonyl (C=O) groups is 1. The third kappa shape index (κ3) is 4.92. The summed E-state index contributed by atoms with van der Waals surface area (Å²) >= 11 is 2.86. The summed E-state index contributed by atoms with van der Waals surface area (Å²) in [5.74, 6) is 0.672. The molecule has 0 atom stereocenters. The Balaban J connectivity index is 1.80. The minimum atomic E-state index is -0.108. The quantitative estimate of drug-likeness (QED) is 0.285. The fraction of sp³-hybridized carbons (Fsp3) is 0.417. The summed E-state index contributed by atoms with van der Waals surface area (Å²) in [5, 5.41) is 9.97. The van der Waals surface area contributed by atoms with E-state index in [1.165, 1.54) is 28.0 Å². The average Bonchev–Trinajstić information content (AvgIpc) is 3.02. The molecule has 9 heteroatoms. The van der Waals surface area contributed by atoms with Crippen molar-refractivity contribution in [2.45, 2.75) is 43.7 Å². The number of thioether (sulfide) groups is 1. The maximum Gasteiger partial charge on any atom is 0.267 e. The normalized spacial score (nSPS) is 13.2. The first kappa shape index (κ1) is 23.3. The molecule has 0 unspecified atom stereocenters. The van der Waals surface area contributed by atoms with Crippen molar-refractivity contribution < 1.29 is 9.53 Å². The summed E-state index contributed by atoms with van der Waals surface area (Å²) in [4.78, 5) is 34.9. The van der Waals surface area contributed by atoms with Gasteiger partial charge in [0.2, 0.25) is 5.91 Å². The van der Waals surface area contributed by atoms with Gasteiger partial charge in [-0.25, -0.2) is 4.98 Å². The molecule has 1 aliphatic rings. The third-order valence-corrected chi connectivity index (χ3v) is 7.94. The Morgan fingerprint density at radius 2 is 2.15 bits per heavy atom. The predicted molar refractivity (Wildman–Crippen MR) is 132 cm³/mol. The monoisotopic (exact) mass is 482 g/mol. The maximum atomic E-state index is 13.9. The SMILES string of the molecule is COc1cccc(-n2c(SCC(=O)N(C)CCC#N)nc3sc4c(c3c2=O)CCCCC4)c1. The summed E-state index contributed by atoms with van der Waals surface area (Å²) in [7, 11) is 3.27. The summed E-state index contributed by atoms with van der Waals surface area (Å²) in [6.07, 6.45) is 5.56. The van der Waals surface area contributed by atoms with E-state index in [0.29, 0.717) is 28.5 Å². The summed E-state index contributed by atoms with van der Waals surface area (Å²) in [6, 6.07) is 9.39. The second-order valence-electron chi connectivity index (χ2n) is 7.99. The summed E-state index contributed by atoms with van der Waals surface area (Å²) in [6.45, 7) is 0.378. The van der Waals surface area contributed by atoms with Crippen molar-refractivity contribution in [2.75, 3.05) is 26.5 Å². The number of nitrogens with zero attached hydrogens (tertiary/aromatic N) is 4. The number of carbonyl (C=O) groups excluding carboxylic acids is 1. The van der Waals surface area contributed by atoms with Crippen LogP contribution < -0.4 is 10.3 Å². The Morgan fingerprint density at radius 1 is 1.33 bits per heavy atom. The average molecular weight is 483 g/mol. The van der Waals surface area contributed by atoms with Gasteiger partial charge >= 0.3 is 0 Å². The van der Waals surface area contributed by atoms with Crippen LogP contribution in [-0.2, 0) is 17.6 Å². The fourth-order valence-electron chi connectivity index (χ4n) is 4.02. The standard InChI is InChI=1S/C24H26N4O3S2/c1-27(13-7-12-25)20(29)15-32-24-26-22-21(18-10-4-3-5-11-19(18)33-22)23(30)28(24)16-8-6-9-17(14-16)31-2/h6,8-9,14H,3-5,7,10-11,13,15H2,1-2H3. The van der Waals surface area contributed by atoms with Crippen LogP contribution in [0.25, 0.3) is 15.9 Å². The van der Waals surface area contributed by atoms with E-state index in [0.717, 1.165) is 36.1 Å². The number of ether oxygens (including phenoxy) is 1. The second kappa shape index (κ2) is 10.4. The van der Waals surface area contributed by atoms with Crippen molar-refractivity contribution in [3.05, 3.63) is 45.1 Å². The summed E-state index contributed by atoms with van der Waals surface area (Å²) < 4.78 is 6.98. The molecule has 0 radical (unpaired) electrons. The van der Waals surface area contributed by atoms with Crippen molar-refractivity contribution in [1.82, 2.24) is 14.5 Å². The van der Waals surface area contributed by atoms with Crippen LogP contribution in [0, 0.1) is 11.3 Å². The van der Waals surface area contributed by atoms with Gasteiger partial charge in [-0.15, -0.1) is 11.3 Å². The highest BCUT2D eigenvalue weighted by Crippen LogP contribution is 2.35. The molecule has 0 bridgehead atoms. The van der Waals surface area contributed by atoms with Crippen LogP contribution in [0.15, 0.2) is 34.2 Å². The van der Waals surface area contributed by atoms with E-state index in [1.54, 1.807) is 30.1 Å². The first-order chi connectivity index (χ1) is 16.0. The molecule has 1 aliphatic carbocycles. The number of aryl methyl sites for hydroxylation is 2. The van der Waals surface area contributed by atoms with Gasteiger partial charge in [-0.3, -0.25) is 14.2 Å². The number of hydrogen-bond acceptors (Lipinski definition) is 7. The van der Waals surface area contributed by atoms with Gasteiger partial charge in [-0.1, -0.05) is 24.2 Å². The van der Waals surface area contributed by atoms with E-state index in [-0.39, 0.29) is 23.6 Å². The second-order valence-corrected chi connectivity index (χ2v) is 10.0. The lowest BCUT2D eigenvalue weighted by molar-refractivity contribution is -0.127. The van der Waals surface area contributed by atoms with Crippen LogP contribution in [0.4, 0.5) is 0 Å². The van der Waals surface area contributed by atoms with Gasteiger partial charge in [0, 0.05) is 24.5 Å². The Labute approximate surface area is 201 Å². The minimum absolute atomic E-state index is 0.0968. The molecule has 0 fully saturated rings. The molecule has 0 spiro atoms. The number of aromatic nitrogens is 2. The largest absolute Gasteiger partial charge is 0.497 e. The van der Waals surface area contributed by atoms with Crippen LogP contribution in [0.1, 0.15) is 36.1 Å². The Morgan fingerprint density at radius 3 is 2.94 bits per heavy atom. The molecular weight excluding hydrogens is 456 g/mol. The van der Waals surface area contributed by atoms with E-state index in [1.807, 2.05) is 24.3 Å². The Bertz CT molecular complexity index is 1280. The highest BCUT2D eigenvalue weighted by Gasteiger charge is 2.23. The van der Waals surface area contributed by atoms with E-state index in [9.17, 15) is 9.59 Å². The number of thiophene rings is 1. The Kier molecular flexibility index (Phi) is 7.36. The molecule has 1 amide bonds. The number of methoxy groups -OCH3 is 1. The minimum Gasteiger partial charge on any atom is -0.497 e. The zero-order chi connectivity index (χ0) is 23.4. The zero-order valence-corrected chi connectivity index (χ0v) is 20.4. The number of fused-ring (bicyclic) bond motifs is 3. The van der Waals surface area contributed by atoms with Gasteiger partial charge < -0.3 is 9.64 Å². The molecule has 1 aromatic carbocycles. The lowest BCUT2D eigenvalue weighted by Gasteiger charge is -2.16. The lowest BCUT2D eigenvalue weighted by atomic mass is 10.1. The Hall–Kier alpha value is -2.83. The van der Waals surface area contributed by atoms with Crippen molar-refractivity contribution in [2.24, 2.45) is 0 Å². The molecule has 3 aromatic rings. The van der Waals surface area contributed by atoms with Crippen molar-refractivity contribution in [3.8, 4) is 17.5 Å². The number of nitriles is 1. The van der Waals surface area contributed by atoms with Crippen molar-refractivity contribution in [1.29, 1.82) is 5.26 Å².